The van der Waals surface area contributed by atoms with E-state index in [4.69, 9.17) is 10.5 Å². The van der Waals surface area contributed by atoms with Crippen molar-refractivity contribution in [3.8, 4) is 0 Å². The summed E-state index contributed by atoms with van der Waals surface area (Å²) in [5.74, 6) is -0.846. The fourth-order valence-corrected chi connectivity index (χ4v) is 2.76. The zero-order valence-corrected chi connectivity index (χ0v) is 13.1. The summed E-state index contributed by atoms with van der Waals surface area (Å²) in [4.78, 5) is 23.5. The van der Waals surface area contributed by atoms with Gasteiger partial charge in [-0.25, -0.2) is 0 Å². The van der Waals surface area contributed by atoms with Gasteiger partial charge in [0.1, 0.15) is 6.04 Å². The number of carbonyl (C=O) groups is 2. The molecule has 0 unspecified atom stereocenters. The number of hydrogen-bond acceptors (Lipinski definition) is 3. The van der Waals surface area contributed by atoms with Gasteiger partial charge in [0, 0.05) is 16.6 Å². The number of nitrogens with one attached hydrogen (secondary N) is 1. The molecule has 108 valence electrons. The van der Waals surface area contributed by atoms with Crippen LogP contribution in [0.2, 0.25) is 0 Å². The second-order valence-corrected chi connectivity index (χ2v) is 6.10. The first-order valence-electron chi connectivity index (χ1n) is 6.48. The molecule has 1 saturated heterocycles. The lowest BCUT2D eigenvalue weighted by Crippen LogP contribution is -2.48. The number of halogens is 1. The summed E-state index contributed by atoms with van der Waals surface area (Å²) in [5.41, 5.74) is 6.36. The normalized spacial score (nSPS) is 19.6. The van der Waals surface area contributed by atoms with Crippen molar-refractivity contribution in [3.63, 3.8) is 0 Å². The van der Waals surface area contributed by atoms with Crippen LogP contribution >= 0.6 is 22.6 Å². The minimum Gasteiger partial charge on any atom is -0.381 e. The first-order chi connectivity index (χ1) is 9.56. The van der Waals surface area contributed by atoms with Crippen LogP contribution in [-0.2, 0) is 20.7 Å². The van der Waals surface area contributed by atoms with E-state index in [2.05, 4.69) is 27.9 Å². The fraction of sp³-hybridized carbons (Fsp3) is 0.429. The van der Waals surface area contributed by atoms with Crippen LogP contribution in [-0.4, -0.2) is 31.1 Å². The molecule has 0 saturated carbocycles. The number of nitrogens with two attached hydrogens (primary N) is 1. The number of ether oxygens (including phenoxy) is 1. The van der Waals surface area contributed by atoms with Gasteiger partial charge in [-0.3, -0.25) is 9.59 Å². The molecule has 0 aromatic heterocycles. The van der Waals surface area contributed by atoms with E-state index in [1.807, 2.05) is 24.3 Å². The van der Waals surface area contributed by atoms with Crippen molar-refractivity contribution >= 4 is 34.4 Å². The zero-order chi connectivity index (χ0) is 14.5. The highest BCUT2D eigenvalue weighted by Gasteiger charge is 2.27. The lowest BCUT2D eigenvalue weighted by atomic mass is 10.0. The summed E-state index contributed by atoms with van der Waals surface area (Å²) in [6, 6.07) is 7.10. The molecule has 1 fully saturated rings. The number of hydrogen-bond donors (Lipinski definition) is 2. The largest absolute Gasteiger partial charge is 0.381 e. The molecule has 1 aromatic rings. The fourth-order valence-electron chi connectivity index (χ4n) is 2.15. The maximum Gasteiger partial charge on any atom is 0.240 e. The van der Waals surface area contributed by atoms with Gasteiger partial charge in [-0.1, -0.05) is 12.1 Å². The van der Waals surface area contributed by atoms with Gasteiger partial charge in [-0.2, -0.15) is 0 Å². The SMILES string of the molecule is NC(=O)[C@H](Cc1cccc(I)c1)NC(=O)[C@H]1CCOC1. The predicted molar refractivity (Wildman–Crippen MR) is 82.9 cm³/mol. The van der Waals surface area contributed by atoms with Gasteiger partial charge in [0.25, 0.3) is 0 Å². The van der Waals surface area contributed by atoms with Gasteiger partial charge < -0.3 is 15.8 Å². The first kappa shape index (κ1) is 15.2. The molecule has 0 radical (unpaired) electrons. The van der Waals surface area contributed by atoms with Crippen LogP contribution in [0.5, 0.6) is 0 Å². The van der Waals surface area contributed by atoms with Crippen LogP contribution in [0.1, 0.15) is 12.0 Å². The molecule has 0 aliphatic carbocycles. The van der Waals surface area contributed by atoms with Crippen LogP contribution in [0, 0.1) is 9.49 Å². The molecule has 1 aliphatic rings. The van der Waals surface area contributed by atoms with Crippen molar-refractivity contribution in [3.05, 3.63) is 33.4 Å². The summed E-state index contributed by atoms with van der Waals surface area (Å²) < 4.78 is 6.26. The Morgan fingerprint density at radius 2 is 2.30 bits per heavy atom. The Morgan fingerprint density at radius 1 is 1.50 bits per heavy atom. The summed E-state index contributed by atoms with van der Waals surface area (Å²) in [7, 11) is 0. The Bertz CT molecular complexity index is 501. The van der Waals surface area contributed by atoms with Gasteiger partial charge in [-0.05, 0) is 46.7 Å². The highest BCUT2D eigenvalue weighted by molar-refractivity contribution is 14.1. The van der Waals surface area contributed by atoms with Crippen LogP contribution in [0.4, 0.5) is 0 Å². The number of amides is 2. The van der Waals surface area contributed by atoms with Gasteiger partial charge >= 0.3 is 0 Å². The number of rotatable bonds is 5. The smallest absolute Gasteiger partial charge is 0.240 e. The van der Waals surface area contributed by atoms with E-state index in [1.54, 1.807) is 0 Å². The van der Waals surface area contributed by atoms with Gasteiger partial charge in [0.15, 0.2) is 0 Å². The number of carbonyl (C=O) groups excluding carboxylic acids is 2. The van der Waals surface area contributed by atoms with E-state index in [-0.39, 0.29) is 11.8 Å². The molecule has 2 amide bonds. The Hall–Kier alpha value is -1.15. The molecule has 5 nitrogen and oxygen atoms in total. The van der Waals surface area contributed by atoms with Crippen molar-refractivity contribution in [2.45, 2.75) is 18.9 Å². The van der Waals surface area contributed by atoms with E-state index in [0.29, 0.717) is 26.1 Å². The predicted octanol–water partition coefficient (Wildman–Crippen LogP) is 0.840. The van der Waals surface area contributed by atoms with Crippen molar-refractivity contribution < 1.29 is 14.3 Å². The Kier molecular flexibility index (Phi) is 5.36. The molecule has 0 spiro atoms. The molecule has 0 bridgehead atoms. The van der Waals surface area contributed by atoms with Crippen LogP contribution in [0.3, 0.4) is 0 Å². The molecular formula is C14H17IN2O3. The zero-order valence-electron chi connectivity index (χ0n) is 11.0. The molecule has 1 aromatic carbocycles. The molecule has 3 N–H and O–H groups in total. The third kappa shape index (κ3) is 4.17. The molecule has 1 heterocycles. The van der Waals surface area contributed by atoms with E-state index >= 15 is 0 Å². The van der Waals surface area contributed by atoms with E-state index in [9.17, 15) is 9.59 Å². The molecule has 20 heavy (non-hydrogen) atoms. The lowest BCUT2D eigenvalue weighted by molar-refractivity contribution is -0.129. The summed E-state index contributed by atoms with van der Waals surface area (Å²) in [5, 5.41) is 2.73. The van der Waals surface area contributed by atoms with Gasteiger partial charge in [0.05, 0.1) is 12.5 Å². The van der Waals surface area contributed by atoms with Crippen molar-refractivity contribution in [1.82, 2.24) is 5.32 Å². The Labute approximate surface area is 131 Å². The van der Waals surface area contributed by atoms with Crippen LogP contribution in [0.25, 0.3) is 0 Å². The second-order valence-electron chi connectivity index (χ2n) is 4.86. The van der Waals surface area contributed by atoms with Crippen molar-refractivity contribution in [2.75, 3.05) is 13.2 Å². The topological polar surface area (TPSA) is 81.4 Å². The van der Waals surface area contributed by atoms with E-state index < -0.39 is 11.9 Å². The minimum atomic E-state index is -0.679. The maximum absolute atomic E-state index is 12.0. The van der Waals surface area contributed by atoms with Gasteiger partial charge in [-0.15, -0.1) is 0 Å². The monoisotopic (exact) mass is 388 g/mol. The molecule has 6 heteroatoms. The summed E-state index contributed by atoms with van der Waals surface area (Å²) in [6.45, 7) is 1.01. The standard InChI is InChI=1S/C14H17IN2O3/c15-11-3-1-2-9(6-11)7-12(13(16)18)17-14(19)10-4-5-20-8-10/h1-3,6,10,12H,4-5,7-8H2,(H2,16,18)(H,17,19)/t10-,12-/m0/s1. The van der Waals surface area contributed by atoms with Crippen LogP contribution in [0.15, 0.2) is 24.3 Å². The third-order valence-electron chi connectivity index (χ3n) is 3.29. The minimum absolute atomic E-state index is 0.156. The second kappa shape index (κ2) is 7.03. The lowest BCUT2D eigenvalue weighted by Gasteiger charge is -2.17. The molecule has 2 rings (SSSR count). The Morgan fingerprint density at radius 3 is 2.90 bits per heavy atom. The quantitative estimate of drug-likeness (QED) is 0.734. The first-order valence-corrected chi connectivity index (χ1v) is 7.56. The highest BCUT2D eigenvalue weighted by atomic mass is 127. The van der Waals surface area contributed by atoms with Crippen molar-refractivity contribution in [1.29, 1.82) is 0 Å². The summed E-state index contributed by atoms with van der Waals surface area (Å²) >= 11 is 2.21. The average molecular weight is 388 g/mol. The molecular weight excluding hydrogens is 371 g/mol. The third-order valence-corrected chi connectivity index (χ3v) is 3.96. The van der Waals surface area contributed by atoms with Crippen molar-refractivity contribution in [2.24, 2.45) is 11.7 Å². The number of benzene rings is 1. The van der Waals surface area contributed by atoms with E-state index in [1.165, 1.54) is 0 Å². The van der Waals surface area contributed by atoms with E-state index in [0.717, 1.165) is 9.13 Å². The van der Waals surface area contributed by atoms with Crippen LogP contribution < -0.4 is 11.1 Å². The highest BCUT2D eigenvalue weighted by Crippen LogP contribution is 2.14. The average Bonchev–Trinajstić information content (AvgIpc) is 2.91. The number of primary amides is 1. The maximum atomic E-state index is 12.0. The molecule has 1 aliphatic heterocycles. The Balaban J connectivity index is 2.00. The van der Waals surface area contributed by atoms with Gasteiger partial charge in [0.2, 0.25) is 11.8 Å². The summed E-state index contributed by atoms with van der Waals surface area (Å²) in [6.07, 6.45) is 1.10. The molecule has 2 atom stereocenters.